The van der Waals surface area contributed by atoms with Crippen molar-refractivity contribution < 1.29 is 13.2 Å². The largest absolute Gasteiger partial charge is 0.301 e. The van der Waals surface area contributed by atoms with Crippen LogP contribution in [0.3, 0.4) is 0 Å². The SMILES string of the molecule is CC1=NNCC(=O)S1(=O)=O. The van der Waals surface area contributed by atoms with Crippen LogP contribution in [0.4, 0.5) is 0 Å². The van der Waals surface area contributed by atoms with Crippen LogP contribution in [0.25, 0.3) is 0 Å². The van der Waals surface area contributed by atoms with Crippen molar-refractivity contribution in [1.29, 1.82) is 0 Å². The highest BCUT2D eigenvalue weighted by Gasteiger charge is 2.28. The van der Waals surface area contributed by atoms with E-state index in [1.807, 2.05) is 0 Å². The van der Waals surface area contributed by atoms with Crippen molar-refractivity contribution in [3.8, 4) is 0 Å². The molecule has 0 bridgehead atoms. The molecule has 0 aliphatic carbocycles. The molecule has 1 aliphatic rings. The van der Waals surface area contributed by atoms with Gasteiger partial charge in [-0.25, -0.2) is 8.42 Å². The molecular weight excluding hydrogens is 156 g/mol. The van der Waals surface area contributed by atoms with Gasteiger partial charge in [-0.3, -0.25) is 4.79 Å². The van der Waals surface area contributed by atoms with E-state index >= 15 is 0 Å². The molecule has 1 rings (SSSR count). The normalized spacial score (nSPS) is 23.3. The van der Waals surface area contributed by atoms with Crippen molar-refractivity contribution in [2.75, 3.05) is 6.54 Å². The van der Waals surface area contributed by atoms with Crippen LogP contribution in [0.2, 0.25) is 0 Å². The first-order chi connectivity index (χ1) is 4.55. The van der Waals surface area contributed by atoms with Gasteiger partial charge in [0.2, 0.25) is 0 Å². The van der Waals surface area contributed by atoms with E-state index in [9.17, 15) is 13.2 Å². The Morgan fingerprint density at radius 1 is 1.60 bits per heavy atom. The van der Waals surface area contributed by atoms with Gasteiger partial charge in [-0.1, -0.05) is 0 Å². The summed E-state index contributed by atoms with van der Waals surface area (Å²) in [5, 5.41) is 2.41. The van der Waals surface area contributed by atoms with E-state index in [-0.39, 0.29) is 11.6 Å². The summed E-state index contributed by atoms with van der Waals surface area (Å²) in [7, 11) is -3.69. The molecule has 5 nitrogen and oxygen atoms in total. The lowest BCUT2D eigenvalue weighted by atomic mass is 10.7. The summed E-state index contributed by atoms with van der Waals surface area (Å²) in [6.45, 7) is 1.05. The molecule has 1 aliphatic heterocycles. The molecule has 0 spiro atoms. The zero-order valence-electron chi connectivity index (χ0n) is 5.29. The third kappa shape index (κ3) is 0.900. The monoisotopic (exact) mass is 162 g/mol. The maximum Gasteiger partial charge on any atom is 0.273 e. The van der Waals surface area contributed by atoms with E-state index in [1.54, 1.807) is 0 Å². The van der Waals surface area contributed by atoms with Gasteiger partial charge in [-0.05, 0) is 6.92 Å². The van der Waals surface area contributed by atoms with Gasteiger partial charge < -0.3 is 5.43 Å². The molecule has 0 fully saturated rings. The molecule has 6 heteroatoms. The van der Waals surface area contributed by atoms with Gasteiger partial charge in [0, 0.05) is 0 Å². The molecule has 0 aromatic rings. The van der Waals surface area contributed by atoms with Gasteiger partial charge in [-0.15, -0.1) is 0 Å². The number of sulfone groups is 1. The predicted octanol–water partition coefficient (Wildman–Crippen LogP) is -1.14. The van der Waals surface area contributed by atoms with Crippen molar-refractivity contribution in [2.24, 2.45) is 5.10 Å². The van der Waals surface area contributed by atoms with Crippen molar-refractivity contribution in [3.05, 3.63) is 0 Å². The van der Waals surface area contributed by atoms with Crippen molar-refractivity contribution >= 4 is 20.0 Å². The van der Waals surface area contributed by atoms with E-state index < -0.39 is 15.0 Å². The fraction of sp³-hybridized carbons (Fsp3) is 0.500. The molecule has 0 saturated heterocycles. The molecule has 10 heavy (non-hydrogen) atoms. The molecule has 0 amide bonds. The number of hydrogen-bond donors (Lipinski definition) is 1. The Hall–Kier alpha value is -0.910. The zero-order chi connectivity index (χ0) is 7.78. The Balaban J connectivity index is 3.21. The molecular formula is C4H6N2O3S. The van der Waals surface area contributed by atoms with E-state index in [0.29, 0.717) is 0 Å². The minimum atomic E-state index is -3.69. The number of carbonyl (C=O) groups excluding carboxylic acids is 1. The maximum absolute atomic E-state index is 10.8. The zero-order valence-corrected chi connectivity index (χ0v) is 6.10. The average Bonchev–Trinajstić information content (AvgIpc) is 1.84. The van der Waals surface area contributed by atoms with Crippen LogP contribution < -0.4 is 5.43 Å². The van der Waals surface area contributed by atoms with Crippen LogP contribution in [0.5, 0.6) is 0 Å². The quantitative estimate of drug-likeness (QED) is 0.488. The van der Waals surface area contributed by atoms with E-state index in [0.717, 1.165) is 0 Å². The maximum atomic E-state index is 10.8. The number of nitrogens with zero attached hydrogens (tertiary/aromatic N) is 1. The fourth-order valence-electron chi connectivity index (χ4n) is 0.535. The van der Waals surface area contributed by atoms with E-state index in [1.165, 1.54) is 6.92 Å². The first kappa shape index (κ1) is 7.20. The highest BCUT2D eigenvalue weighted by atomic mass is 32.2. The van der Waals surface area contributed by atoms with Crippen LogP contribution in [0.1, 0.15) is 6.92 Å². The number of nitrogens with one attached hydrogen (secondary N) is 1. The van der Waals surface area contributed by atoms with Gasteiger partial charge in [-0.2, -0.15) is 5.10 Å². The summed E-state index contributed by atoms with van der Waals surface area (Å²) in [5.41, 5.74) is 2.30. The lowest BCUT2D eigenvalue weighted by molar-refractivity contribution is -0.111. The summed E-state index contributed by atoms with van der Waals surface area (Å²) in [5.74, 6) is 0. The lowest BCUT2D eigenvalue weighted by Crippen LogP contribution is -2.36. The molecule has 56 valence electrons. The third-order valence-corrected chi connectivity index (χ3v) is 2.76. The Bertz CT molecular complexity index is 290. The molecule has 0 atom stereocenters. The van der Waals surface area contributed by atoms with E-state index in [4.69, 9.17) is 0 Å². The average molecular weight is 162 g/mol. The Labute approximate surface area is 58.0 Å². The fourth-order valence-corrected chi connectivity index (χ4v) is 1.30. The second kappa shape index (κ2) is 2.05. The Morgan fingerprint density at radius 2 is 2.20 bits per heavy atom. The number of carbonyl (C=O) groups is 1. The second-order valence-electron chi connectivity index (χ2n) is 1.84. The summed E-state index contributed by atoms with van der Waals surface area (Å²) in [6.07, 6.45) is 0. The molecule has 0 aromatic carbocycles. The van der Waals surface area contributed by atoms with Crippen molar-refractivity contribution in [1.82, 2.24) is 5.43 Å². The molecule has 0 saturated carbocycles. The van der Waals surface area contributed by atoms with Crippen LogP contribution >= 0.6 is 0 Å². The summed E-state index contributed by atoms with van der Waals surface area (Å²) in [4.78, 5) is 10.6. The predicted molar refractivity (Wildman–Crippen MR) is 35.0 cm³/mol. The molecule has 1 N–H and O–H groups in total. The number of rotatable bonds is 0. The summed E-state index contributed by atoms with van der Waals surface area (Å²) in [6, 6.07) is 0. The van der Waals surface area contributed by atoms with Gasteiger partial charge >= 0.3 is 0 Å². The Morgan fingerprint density at radius 3 is 2.60 bits per heavy atom. The lowest BCUT2D eigenvalue weighted by Gasteiger charge is -2.07. The van der Waals surface area contributed by atoms with Gasteiger partial charge in [0.1, 0.15) is 6.54 Å². The highest BCUT2D eigenvalue weighted by molar-refractivity contribution is 8.19. The minimum Gasteiger partial charge on any atom is -0.301 e. The van der Waals surface area contributed by atoms with Gasteiger partial charge in [0.25, 0.3) is 15.0 Å². The van der Waals surface area contributed by atoms with Crippen molar-refractivity contribution in [2.45, 2.75) is 6.92 Å². The van der Waals surface area contributed by atoms with Gasteiger partial charge in [0.15, 0.2) is 5.04 Å². The number of hydrogen-bond acceptors (Lipinski definition) is 5. The van der Waals surface area contributed by atoms with Gasteiger partial charge in [0.05, 0.1) is 0 Å². The van der Waals surface area contributed by atoms with Crippen LogP contribution in [-0.4, -0.2) is 25.1 Å². The molecule has 1 heterocycles. The Kier molecular flexibility index (Phi) is 1.47. The van der Waals surface area contributed by atoms with Crippen LogP contribution in [0, 0.1) is 0 Å². The number of hydrazone groups is 1. The van der Waals surface area contributed by atoms with Crippen LogP contribution in [-0.2, 0) is 14.6 Å². The highest BCUT2D eigenvalue weighted by Crippen LogP contribution is 1.99. The summed E-state index contributed by atoms with van der Waals surface area (Å²) >= 11 is 0. The summed E-state index contributed by atoms with van der Waals surface area (Å²) < 4.78 is 21.6. The molecule has 0 radical (unpaired) electrons. The molecule has 0 unspecified atom stereocenters. The van der Waals surface area contributed by atoms with Crippen molar-refractivity contribution in [3.63, 3.8) is 0 Å². The smallest absolute Gasteiger partial charge is 0.273 e. The standard InChI is InChI=1S/C4H6N2O3S/c1-3-6-5-2-4(7)10(3,8)9/h5H,2H2,1H3. The first-order valence-electron chi connectivity index (χ1n) is 2.60. The molecule has 0 aromatic heterocycles. The third-order valence-electron chi connectivity index (χ3n) is 1.15. The van der Waals surface area contributed by atoms with E-state index in [2.05, 4.69) is 10.5 Å². The second-order valence-corrected chi connectivity index (χ2v) is 3.89. The van der Waals surface area contributed by atoms with Crippen LogP contribution in [0.15, 0.2) is 5.10 Å². The topological polar surface area (TPSA) is 75.6 Å². The first-order valence-corrected chi connectivity index (χ1v) is 4.08. The minimum absolute atomic E-state index is 0.163.